The van der Waals surface area contributed by atoms with E-state index in [4.69, 9.17) is 4.84 Å². The van der Waals surface area contributed by atoms with Gasteiger partial charge in [-0.1, -0.05) is 62.9 Å². The molecule has 0 aromatic heterocycles. The van der Waals surface area contributed by atoms with E-state index < -0.39 is 11.9 Å². The van der Waals surface area contributed by atoms with Crippen LogP contribution in [0.2, 0.25) is 0 Å². The average molecular weight is 435 g/mol. The summed E-state index contributed by atoms with van der Waals surface area (Å²) in [7, 11) is 0. The molecule has 1 aromatic rings. The molecular weight excluding hydrogens is 392 g/mol. The van der Waals surface area contributed by atoms with Crippen molar-refractivity contribution in [1.82, 2.24) is 9.96 Å². The molecule has 0 radical (unpaired) electrons. The number of carbonyl (C=O) groups is 2. The molecular formula is C25H42N2O4. The van der Waals surface area contributed by atoms with E-state index in [2.05, 4.69) is 39.5 Å². The topological polar surface area (TPSA) is 70.1 Å². The van der Waals surface area contributed by atoms with Crippen LogP contribution >= 0.6 is 0 Å². The SMILES string of the molecule is CCN(C(C)C)C(C)C.O=CN(C[C@@H](CC1CCCC1)C(=O)O)OCc1ccccc1. The van der Waals surface area contributed by atoms with Crippen molar-refractivity contribution in [2.45, 2.75) is 85.4 Å². The molecule has 0 unspecified atom stereocenters. The van der Waals surface area contributed by atoms with Crippen LogP contribution in [0.3, 0.4) is 0 Å². The Hall–Kier alpha value is -1.92. The van der Waals surface area contributed by atoms with Crippen LogP contribution in [0.5, 0.6) is 0 Å². The molecule has 1 aliphatic carbocycles. The predicted molar refractivity (Wildman–Crippen MR) is 124 cm³/mol. The molecule has 1 aliphatic rings. The summed E-state index contributed by atoms with van der Waals surface area (Å²) in [4.78, 5) is 30.4. The van der Waals surface area contributed by atoms with E-state index >= 15 is 0 Å². The number of hydrogen-bond acceptors (Lipinski definition) is 4. The number of carbonyl (C=O) groups excluding carboxylic acids is 1. The third-order valence-corrected chi connectivity index (χ3v) is 5.89. The van der Waals surface area contributed by atoms with Crippen molar-refractivity contribution in [3.05, 3.63) is 35.9 Å². The van der Waals surface area contributed by atoms with Crippen LogP contribution in [0.1, 0.15) is 72.3 Å². The molecule has 1 atom stereocenters. The summed E-state index contributed by atoms with van der Waals surface area (Å²) >= 11 is 0. The van der Waals surface area contributed by atoms with Crippen LogP contribution in [0.25, 0.3) is 0 Å². The molecule has 0 saturated heterocycles. The van der Waals surface area contributed by atoms with Gasteiger partial charge in [-0.05, 0) is 52.1 Å². The van der Waals surface area contributed by atoms with Gasteiger partial charge in [-0.15, -0.1) is 0 Å². The number of hydrogen-bond donors (Lipinski definition) is 1. The first-order valence-electron chi connectivity index (χ1n) is 11.7. The first-order chi connectivity index (χ1) is 14.8. The normalized spacial score (nSPS) is 15.1. The number of aliphatic carboxylic acids is 1. The highest BCUT2D eigenvalue weighted by Crippen LogP contribution is 2.30. The van der Waals surface area contributed by atoms with Crippen molar-refractivity contribution in [2.24, 2.45) is 11.8 Å². The van der Waals surface area contributed by atoms with Gasteiger partial charge in [0.2, 0.25) is 6.41 Å². The molecule has 0 bridgehead atoms. The summed E-state index contributed by atoms with van der Waals surface area (Å²) in [6.07, 6.45) is 5.73. The van der Waals surface area contributed by atoms with E-state index in [0.717, 1.165) is 30.0 Å². The molecule has 31 heavy (non-hydrogen) atoms. The van der Waals surface area contributed by atoms with Gasteiger partial charge in [0.1, 0.15) is 6.61 Å². The van der Waals surface area contributed by atoms with E-state index in [1.807, 2.05) is 30.3 Å². The van der Waals surface area contributed by atoms with Crippen molar-refractivity contribution in [3.8, 4) is 0 Å². The lowest BCUT2D eigenvalue weighted by atomic mass is 9.93. The largest absolute Gasteiger partial charge is 0.481 e. The Kier molecular flexibility index (Phi) is 13.1. The summed E-state index contributed by atoms with van der Waals surface area (Å²) in [6, 6.07) is 10.9. The lowest BCUT2D eigenvalue weighted by molar-refractivity contribution is -0.184. The monoisotopic (exact) mass is 434 g/mol. The van der Waals surface area contributed by atoms with Gasteiger partial charge < -0.3 is 5.11 Å². The Morgan fingerprint density at radius 1 is 1.13 bits per heavy atom. The Balaban J connectivity index is 0.000000452. The number of benzene rings is 1. The van der Waals surface area contributed by atoms with Crippen LogP contribution in [0, 0.1) is 11.8 Å². The fraction of sp³-hybridized carbons (Fsp3) is 0.680. The fourth-order valence-corrected chi connectivity index (χ4v) is 4.30. The Morgan fingerprint density at radius 2 is 1.71 bits per heavy atom. The first kappa shape index (κ1) is 27.1. The number of rotatable bonds is 12. The molecule has 176 valence electrons. The molecule has 1 amide bonds. The average Bonchev–Trinajstić information content (AvgIpc) is 3.24. The Bertz CT molecular complexity index is 607. The minimum absolute atomic E-state index is 0.0994. The molecule has 2 rings (SSSR count). The van der Waals surface area contributed by atoms with Crippen molar-refractivity contribution >= 4 is 12.4 Å². The first-order valence-corrected chi connectivity index (χ1v) is 11.7. The van der Waals surface area contributed by atoms with Crippen LogP contribution < -0.4 is 0 Å². The highest BCUT2D eigenvalue weighted by atomic mass is 16.7. The zero-order chi connectivity index (χ0) is 23.2. The van der Waals surface area contributed by atoms with Gasteiger partial charge in [0.05, 0.1) is 12.5 Å². The van der Waals surface area contributed by atoms with Crippen LogP contribution in [-0.2, 0) is 21.0 Å². The Morgan fingerprint density at radius 3 is 2.13 bits per heavy atom. The third kappa shape index (κ3) is 10.8. The van der Waals surface area contributed by atoms with E-state index in [-0.39, 0.29) is 13.2 Å². The Labute approximate surface area is 188 Å². The van der Waals surface area contributed by atoms with Gasteiger partial charge >= 0.3 is 5.97 Å². The van der Waals surface area contributed by atoms with Crippen LogP contribution in [-0.4, -0.2) is 52.6 Å². The van der Waals surface area contributed by atoms with Crippen LogP contribution in [0.4, 0.5) is 0 Å². The summed E-state index contributed by atoms with van der Waals surface area (Å²) < 4.78 is 0. The summed E-state index contributed by atoms with van der Waals surface area (Å²) in [5, 5.41) is 10.5. The second kappa shape index (κ2) is 15.0. The third-order valence-electron chi connectivity index (χ3n) is 5.89. The van der Waals surface area contributed by atoms with E-state index in [0.29, 0.717) is 30.8 Å². The summed E-state index contributed by atoms with van der Waals surface area (Å²) in [6.45, 7) is 12.7. The minimum atomic E-state index is -0.859. The lowest BCUT2D eigenvalue weighted by Gasteiger charge is -2.28. The van der Waals surface area contributed by atoms with Crippen molar-refractivity contribution in [2.75, 3.05) is 13.1 Å². The molecule has 0 aliphatic heterocycles. The maximum atomic E-state index is 11.4. The van der Waals surface area contributed by atoms with Gasteiger partial charge in [0, 0.05) is 12.1 Å². The molecule has 1 N–H and O–H groups in total. The molecule has 1 aromatic carbocycles. The van der Waals surface area contributed by atoms with Gasteiger partial charge in [-0.25, -0.2) is 5.06 Å². The standard InChI is InChI=1S/C17H23NO4.C8H19N/c19-13-18(22-12-15-8-2-1-3-9-15)11-16(17(20)21)10-14-6-4-5-7-14;1-6-9(7(2)3)8(4)5/h1-3,8-9,13-14,16H,4-7,10-12H2,(H,20,21);7-8H,6H2,1-5H3/t16-;/m1./s1. The number of hydroxylamine groups is 2. The number of amides is 1. The molecule has 6 nitrogen and oxygen atoms in total. The molecule has 1 saturated carbocycles. The maximum absolute atomic E-state index is 11.4. The zero-order valence-electron chi connectivity index (χ0n) is 20.0. The zero-order valence-corrected chi connectivity index (χ0v) is 20.0. The van der Waals surface area contributed by atoms with Crippen molar-refractivity contribution in [3.63, 3.8) is 0 Å². The predicted octanol–water partition coefficient (Wildman–Crippen LogP) is 4.98. The second-order valence-electron chi connectivity index (χ2n) is 8.90. The fourth-order valence-electron chi connectivity index (χ4n) is 4.30. The molecule has 0 heterocycles. The highest BCUT2D eigenvalue weighted by Gasteiger charge is 2.27. The van der Waals surface area contributed by atoms with E-state index in [1.54, 1.807) is 0 Å². The van der Waals surface area contributed by atoms with E-state index in [9.17, 15) is 14.7 Å². The highest BCUT2D eigenvalue weighted by molar-refractivity contribution is 5.70. The van der Waals surface area contributed by atoms with Gasteiger partial charge in [-0.3, -0.25) is 19.3 Å². The maximum Gasteiger partial charge on any atom is 0.308 e. The quantitative estimate of drug-likeness (QED) is 0.371. The van der Waals surface area contributed by atoms with Gasteiger partial charge in [0.25, 0.3) is 0 Å². The number of carboxylic acid groups (broad SMARTS) is 1. The number of carboxylic acids is 1. The summed E-state index contributed by atoms with van der Waals surface area (Å²) in [5.74, 6) is -0.963. The van der Waals surface area contributed by atoms with Crippen molar-refractivity contribution < 1.29 is 19.5 Å². The smallest absolute Gasteiger partial charge is 0.308 e. The molecule has 0 spiro atoms. The minimum Gasteiger partial charge on any atom is -0.481 e. The lowest BCUT2D eigenvalue weighted by Crippen LogP contribution is -2.36. The van der Waals surface area contributed by atoms with Gasteiger partial charge in [0.15, 0.2) is 0 Å². The second-order valence-corrected chi connectivity index (χ2v) is 8.90. The molecule has 1 fully saturated rings. The van der Waals surface area contributed by atoms with Gasteiger partial charge in [-0.2, -0.15) is 0 Å². The summed E-state index contributed by atoms with van der Waals surface area (Å²) in [5.41, 5.74) is 0.942. The van der Waals surface area contributed by atoms with Crippen LogP contribution in [0.15, 0.2) is 30.3 Å². The van der Waals surface area contributed by atoms with E-state index in [1.165, 1.54) is 12.8 Å². The molecule has 6 heteroatoms. The number of nitrogens with zero attached hydrogens (tertiary/aromatic N) is 2. The van der Waals surface area contributed by atoms with Crippen molar-refractivity contribution in [1.29, 1.82) is 0 Å².